The molecule has 140 valence electrons. The number of nitrogens with two attached hydrogens (primary N) is 1. The molecule has 0 bridgehead atoms. The Balaban J connectivity index is 1.58. The molecule has 0 aliphatic carbocycles. The van der Waals surface area contributed by atoms with E-state index in [-0.39, 0.29) is 17.6 Å². The first kappa shape index (κ1) is 17.6. The quantitative estimate of drug-likeness (QED) is 0.724. The lowest BCUT2D eigenvalue weighted by atomic mass is 9.84. The number of nitrogens with zero attached hydrogens (tertiary/aromatic N) is 2. The summed E-state index contributed by atoms with van der Waals surface area (Å²) >= 11 is 0. The lowest BCUT2D eigenvalue weighted by molar-refractivity contribution is 0.306. The minimum Gasteiger partial charge on any atom is -0.489 e. The number of nitrogens with one attached hydrogen (secondary N) is 1. The van der Waals surface area contributed by atoms with E-state index in [1.807, 2.05) is 31.2 Å². The van der Waals surface area contributed by atoms with Gasteiger partial charge < -0.3 is 15.2 Å². The number of H-pyrrole nitrogens is 1. The Morgan fingerprint density at radius 3 is 2.61 bits per heavy atom. The molecular formula is C21H17FN4O2. The summed E-state index contributed by atoms with van der Waals surface area (Å²) in [6.07, 6.45) is 0. The zero-order valence-corrected chi connectivity index (χ0v) is 15.1. The second-order valence-corrected chi connectivity index (χ2v) is 6.48. The maximum absolute atomic E-state index is 13.0. The van der Waals surface area contributed by atoms with Crippen LogP contribution >= 0.6 is 0 Å². The van der Waals surface area contributed by atoms with E-state index < -0.39 is 0 Å². The highest BCUT2D eigenvalue weighted by atomic mass is 19.1. The number of allylic oxidation sites excluding steroid dienone is 1. The van der Waals surface area contributed by atoms with Crippen LogP contribution in [-0.4, -0.2) is 10.2 Å². The van der Waals surface area contributed by atoms with E-state index in [1.165, 1.54) is 12.1 Å². The van der Waals surface area contributed by atoms with Crippen LogP contribution in [0.25, 0.3) is 0 Å². The number of aromatic nitrogens is 2. The minimum atomic E-state index is -0.362. The summed E-state index contributed by atoms with van der Waals surface area (Å²) < 4.78 is 24.2. The van der Waals surface area contributed by atoms with Crippen LogP contribution in [0.4, 0.5) is 4.39 Å². The normalized spacial score (nSPS) is 15.5. The highest BCUT2D eigenvalue weighted by molar-refractivity contribution is 5.55. The fourth-order valence-corrected chi connectivity index (χ4v) is 3.24. The van der Waals surface area contributed by atoms with Crippen LogP contribution in [0.3, 0.4) is 0 Å². The number of benzene rings is 2. The summed E-state index contributed by atoms with van der Waals surface area (Å²) in [4.78, 5) is 0. The lowest BCUT2D eigenvalue weighted by Gasteiger charge is -2.23. The third kappa shape index (κ3) is 3.16. The summed E-state index contributed by atoms with van der Waals surface area (Å²) in [5.41, 5.74) is 9.63. The van der Waals surface area contributed by atoms with Gasteiger partial charge in [0.1, 0.15) is 29.8 Å². The number of aryl methyl sites for hydroxylation is 1. The maximum atomic E-state index is 13.0. The van der Waals surface area contributed by atoms with Gasteiger partial charge in [-0.05, 0) is 42.3 Å². The average molecular weight is 376 g/mol. The molecule has 2 heterocycles. The van der Waals surface area contributed by atoms with Crippen molar-refractivity contribution < 1.29 is 13.9 Å². The summed E-state index contributed by atoms with van der Waals surface area (Å²) in [5, 5.41) is 16.6. The molecule has 3 N–H and O–H groups in total. The van der Waals surface area contributed by atoms with E-state index in [0.29, 0.717) is 23.8 Å². The number of fused-ring (bicyclic) bond motifs is 1. The van der Waals surface area contributed by atoms with E-state index in [2.05, 4.69) is 16.3 Å². The third-order valence-corrected chi connectivity index (χ3v) is 4.66. The van der Waals surface area contributed by atoms with E-state index in [0.717, 1.165) is 22.4 Å². The first-order valence-corrected chi connectivity index (χ1v) is 8.66. The fraction of sp³-hybridized carbons (Fsp3) is 0.143. The number of ether oxygens (including phenoxy) is 2. The van der Waals surface area contributed by atoms with E-state index >= 15 is 0 Å². The van der Waals surface area contributed by atoms with Crippen molar-refractivity contribution >= 4 is 0 Å². The molecule has 0 saturated carbocycles. The summed E-state index contributed by atoms with van der Waals surface area (Å²) in [6.45, 7) is 2.21. The Morgan fingerprint density at radius 1 is 1.21 bits per heavy atom. The van der Waals surface area contributed by atoms with E-state index in [1.54, 1.807) is 12.1 Å². The number of halogens is 1. The van der Waals surface area contributed by atoms with Gasteiger partial charge in [-0.1, -0.05) is 24.3 Å². The molecule has 7 heteroatoms. The second-order valence-electron chi connectivity index (χ2n) is 6.48. The zero-order valence-electron chi connectivity index (χ0n) is 15.1. The zero-order chi connectivity index (χ0) is 19.7. The molecule has 3 aromatic rings. The number of hydrogen-bond donors (Lipinski definition) is 2. The molecule has 1 aromatic heterocycles. The van der Waals surface area contributed by atoms with Gasteiger partial charge in [-0.3, -0.25) is 5.10 Å². The number of rotatable bonds is 4. The molecule has 2 aromatic carbocycles. The van der Waals surface area contributed by atoms with Crippen molar-refractivity contribution in [2.75, 3.05) is 0 Å². The Morgan fingerprint density at radius 2 is 1.93 bits per heavy atom. The largest absolute Gasteiger partial charge is 0.489 e. The van der Waals surface area contributed by atoms with Crippen LogP contribution in [0.2, 0.25) is 0 Å². The number of nitriles is 1. The van der Waals surface area contributed by atoms with Gasteiger partial charge >= 0.3 is 0 Å². The Labute approximate surface area is 161 Å². The van der Waals surface area contributed by atoms with Gasteiger partial charge in [0.05, 0.1) is 5.92 Å². The highest BCUT2D eigenvalue weighted by Crippen LogP contribution is 2.42. The standard InChI is InChI=1S/C21H17FN4O2/c1-12-18-19(17(10-23)20(24)28-21(18)26-25-12)14-4-8-16(9-5-14)27-11-13-2-6-15(22)7-3-13/h2-9,19H,11,24H2,1H3,(H,25,26). The van der Waals surface area contributed by atoms with E-state index in [9.17, 15) is 9.65 Å². The third-order valence-electron chi connectivity index (χ3n) is 4.66. The molecule has 1 unspecified atom stereocenters. The molecule has 0 fully saturated rings. The first-order valence-electron chi connectivity index (χ1n) is 8.66. The van der Waals surface area contributed by atoms with Crippen molar-refractivity contribution in [1.29, 1.82) is 5.26 Å². The Hall–Kier alpha value is -3.79. The topological polar surface area (TPSA) is 97.0 Å². The molecule has 28 heavy (non-hydrogen) atoms. The number of aromatic amines is 1. The van der Waals surface area contributed by atoms with Crippen LogP contribution in [0.15, 0.2) is 60.0 Å². The van der Waals surface area contributed by atoms with Crippen LogP contribution in [-0.2, 0) is 6.61 Å². The van der Waals surface area contributed by atoms with Gasteiger partial charge in [-0.15, -0.1) is 5.10 Å². The van der Waals surface area contributed by atoms with Crippen molar-refractivity contribution in [2.24, 2.45) is 5.73 Å². The predicted octanol–water partition coefficient (Wildman–Crippen LogP) is 3.65. The molecule has 1 aliphatic heterocycles. The summed E-state index contributed by atoms with van der Waals surface area (Å²) in [6, 6.07) is 15.7. The van der Waals surface area contributed by atoms with Crippen LogP contribution in [0, 0.1) is 24.1 Å². The minimum absolute atomic E-state index is 0.0585. The first-order chi connectivity index (χ1) is 13.6. The molecule has 4 rings (SSSR count). The van der Waals surface area contributed by atoms with Crippen LogP contribution < -0.4 is 15.2 Å². The monoisotopic (exact) mass is 376 g/mol. The highest BCUT2D eigenvalue weighted by Gasteiger charge is 2.34. The van der Waals surface area contributed by atoms with Gasteiger partial charge in [0.25, 0.3) is 0 Å². The second kappa shape index (κ2) is 7.08. The lowest BCUT2D eigenvalue weighted by Crippen LogP contribution is -2.21. The SMILES string of the molecule is Cc1[nH]nc2c1C(c1ccc(OCc3ccc(F)cc3)cc1)C(C#N)=C(N)O2. The Bertz CT molecular complexity index is 1080. The average Bonchev–Trinajstić information content (AvgIpc) is 3.07. The van der Waals surface area contributed by atoms with Crippen molar-refractivity contribution in [2.45, 2.75) is 19.4 Å². The van der Waals surface area contributed by atoms with Crippen LogP contribution in [0.1, 0.15) is 28.3 Å². The molecule has 1 atom stereocenters. The van der Waals surface area contributed by atoms with E-state index in [4.69, 9.17) is 15.2 Å². The van der Waals surface area contributed by atoms with Gasteiger partial charge in [0.15, 0.2) is 0 Å². The van der Waals surface area contributed by atoms with Gasteiger partial charge in [0.2, 0.25) is 11.8 Å². The van der Waals surface area contributed by atoms with Crippen molar-refractivity contribution in [3.8, 4) is 17.7 Å². The molecule has 0 spiro atoms. The van der Waals surface area contributed by atoms with Crippen LogP contribution in [0.5, 0.6) is 11.6 Å². The smallest absolute Gasteiger partial charge is 0.244 e. The van der Waals surface area contributed by atoms with Gasteiger partial charge in [0, 0.05) is 11.3 Å². The van der Waals surface area contributed by atoms with Crippen molar-refractivity contribution in [3.05, 3.63) is 88.2 Å². The Kier molecular flexibility index (Phi) is 4.45. The fourth-order valence-electron chi connectivity index (χ4n) is 3.24. The van der Waals surface area contributed by atoms with Crippen molar-refractivity contribution in [1.82, 2.24) is 10.2 Å². The van der Waals surface area contributed by atoms with Gasteiger partial charge in [-0.2, -0.15) is 5.26 Å². The van der Waals surface area contributed by atoms with Crippen molar-refractivity contribution in [3.63, 3.8) is 0 Å². The maximum Gasteiger partial charge on any atom is 0.244 e. The summed E-state index contributed by atoms with van der Waals surface area (Å²) in [7, 11) is 0. The molecule has 0 amide bonds. The molecule has 0 radical (unpaired) electrons. The molecule has 0 saturated heterocycles. The number of hydrogen-bond acceptors (Lipinski definition) is 5. The summed E-state index contributed by atoms with van der Waals surface area (Å²) in [5.74, 6) is 0.469. The predicted molar refractivity (Wildman–Crippen MR) is 99.8 cm³/mol. The molecule has 6 nitrogen and oxygen atoms in total. The van der Waals surface area contributed by atoms with Gasteiger partial charge in [-0.25, -0.2) is 4.39 Å². The molecule has 1 aliphatic rings. The molecular weight excluding hydrogens is 359 g/mol.